The number of rotatable bonds is 6. The van der Waals surface area contributed by atoms with Crippen LogP contribution in [0.2, 0.25) is 0 Å². The Labute approximate surface area is 140 Å². The van der Waals surface area contributed by atoms with Crippen molar-refractivity contribution < 1.29 is 13.2 Å². The van der Waals surface area contributed by atoms with Crippen LogP contribution in [-0.2, 0) is 0 Å². The highest BCUT2D eigenvalue weighted by atomic mass is 19.4. The van der Waals surface area contributed by atoms with Gasteiger partial charge in [-0.25, -0.2) is 4.98 Å². The van der Waals surface area contributed by atoms with Gasteiger partial charge in [0.1, 0.15) is 11.5 Å². The van der Waals surface area contributed by atoms with Crippen LogP contribution in [0.15, 0.2) is 17.6 Å². The number of halogens is 3. The molecule has 0 aliphatic carbocycles. The van der Waals surface area contributed by atoms with E-state index in [1.807, 2.05) is 11.9 Å². The summed E-state index contributed by atoms with van der Waals surface area (Å²) in [6.07, 6.45) is -4.58. The summed E-state index contributed by atoms with van der Waals surface area (Å²) in [5, 5.41) is 0. The SMILES string of the molecule is C=C(/C(=N\C)C(F)(F)F)c1cc(N(C)CC(C)C)nc(N(C)C)n1. The van der Waals surface area contributed by atoms with E-state index >= 15 is 0 Å². The highest BCUT2D eigenvalue weighted by Crippen LogP contribution is 2.28. The molecule has 1 heterocycles. The zero-order valence-corrected chi connectivity index (χ0v) is 14.9. The minimum atomic E-state index is -4.58. The van der Waals surface area contributed by atoms with Gasteiger partial charge in [-0.3, -0.25) is 4.99 Å². The van der Waals surface area contributed by atoms with Crippen LogP contribution in [0.3, 0.4) is 0 Å². The average molecular weight is 343 g/mol. The van der Waals surface area contributed by atoms with Crippen molar-refractivity contribution in [2.45, 2.75) is 20.0 Å². The molecule has 0 unspecified atom stereocenters. The quantitative estimate of drug-likeness (QED) is 0.744. The Morgan fingerprint density at radius 1 is 1.25 bits per heavy atom. The molecule has 1 rings (SSSR count). The Balaban J connectivity index is 3.37. The van der Waals surface area contributed by atoms with Crippen molar-refractivity contribution in [1.29, 1.82) is 0 Å². The van der Waals surface area contributed by atoms with E-state index in [1.54, 1.807) is 19.0 Å². The van der Waals surface area contributed by atoms with Gasteiger partial charge in [0, 0.05) is 46.4 Å². The van der Waals surface area contributed by atoms with Crippen molar-refractivity contribution in [3.8, 4) is 0 Å². The summed E-state index contributed by atoms with van der Waals surface area (Å²) >= 11 is 0. The summed E-state index contributed by atoms with van der Waals surface area (Å²) < 4.78 is 39.3. The maximum atomic E-state index is 13.1. The Morgan fingerprint density at radius 3 is 2.25 bits per heavy atom. The first kappa shape index (κ1) is 19.9. The summed E-state index contributed by atoms with van der Waals surface area (Å²) in [5.41, 5.74) is -1.20. The van der Waals surface area contributed by atoms with Crippen LogP contribution in [0.1, 0.15) is 19.5 Å². The highest BCUT2D eigenvalue weighted by molar-refractivity contribution is 6.25. The third-order valence-electron chi connectivity index (χ3n) is 3.22. The van der Waals surface area contributed by atoms with Crippen LogP contribution >= 0.6 is 0 Å². The molecule has 1 aromatic rings. The predicted octanol–water partition coefficient (Wildman–Crippen LogP) is 3.28. The molecule has 0 atom stereocenters. The fourth-order valence-electron chi connectivity index (χ4n) is 2.17. The number of hydrogen-bond donors (Lipinski definition) is 0. The molecule has 0 N–H and O–H groups in total. The summed E-state index contributed by atoms with van der Waals surface area (Å²) in [4.78, 5) is 15.4. The summed E-state index contributed by atoms with van der Waals surface area (Å²) in [6.45, 7) is 8.36. The van der Waals surface area contributed by atoms with Gasteiger partial charge in [0.15, 0.2) is 0 Å². The fraction of sp³-hybridized carbons (Fsp3) is 0.562. The van der Waals surface area contributed by atoms with Gasteiger partial charge in [0.05, 0.1) is 5.69 Å². The van der Waals surface area contributed by atoms with Gasteiger partial charge in [0.25, 0.3) is 0 Å². The third-order valence-corrected chi connectivity index (χ3v) is 3.22. The number of nitrogens with zero attached hydrogens (tertiary/aromatic N) is 5. The molecular formula is C16H24F3N5. The molecule has 0 saturated heterocycles. The van der Waals surface area contributed by atoms with Crippen LogP contribution in [0.4, 0.5) is 24.9 Å². The molecule has 0 aliphatic rings. The monoisotopic (exact) mass is 343 g/mol. The van der Waals surface area contributed by atoms with E-state index in [9.17, 15) is 13.2 Å². The number of alkyl halides is 3. The summed E-state index contributed by atoms with van der Waals surface area (Å²) in [7, 11) is 6.39. The minimum absolute atomic E-state index is 0.109. The van der Waals surface area contributed by atoms with E-state index in [0.29, 0.717) is 24.2 Å². The van der Waals surface area contributed by atoms with Gasteiger partial charge >= 0.3 is 6.18 Å². The summed E-state index contributed by atoms with van der Waals surface area (Å²) in [6, 6.07) is 1.51. The topological polar surface area (TPSA) is 44.6 Å². The van der Waals surface area contributed by atoms with Gasteiger partial charge in [-0.2, -0.15) is 18.2 Å². The highest BCUT2D eigenvalue weighted by Gasteiger charge is 2.38. The lowest BCUT2D eigenvalue weighted by atomic mass is 10.1. The van der Waals surface area contributed by atoms with Crippen molar-refractivity contribution in [3.05, 3.63) is 18.3 Å². The largest absolute Gasteiger partial charge is 0.433 e. The Morgan fingerprint density at radius 2 is 1.83 bits per heavy atom. The number of aromatic nitrogens is 2. The lowest BCUT2D eigenvalue weighted by Gasteiger charge is -2.23. The molecule has 0 amide bonds. The molecule has 0 radical (unpaired) electrons. The molecule has 8 heteroatoms. The lowest BCUT2D eigenvalue weighted by Crippen LogP contribution is -2.27. The lowest BCUT2D eigenvalue weighted by molar-refractivity contribution is -0.0572. The van der Waals surface area contributed by atoms with Crippen molar-refractivity contribution in [1.82, 2.24) is 9.97 Å². The average Bonchev–Trinajstić information content (AvgIpc) is 2.45. The van der Waals surface area contributed by atoms with E-state index < -0.39 is 11.9 Å². The molecule has 134 valence electrons. The van der Waals surface area contributed by atoms with E-state index in [4.69, 9.17) is 0 Å². The molecule has 0 bridgehead atoms. The van der Waals surface area contributed by atoms with Crippen molar-refractivity contribution in [2.24, 2.45) is 10.9 Å². The molecule has 0 fully saturated rings. The maximum absolute atomic E-state index is 13.1. The predicted molar refractivity (Wildman–Crippen MR) is 92.9 cm³/mol. The minimum Gasteiger partial charge on any atom is -0.359 e. The van der Waals surface area contributed by atoms with E-state index in [2.05, 4.69) is 35.4 Å². The molecule has 0 spiro atoms. The number of hydrogen-bond acceptors (Lipinski definition) is 5. The standard InChI is InChI=1S/C16H24F3N5/c1-10(2)9-24(7)13-8-12(21-15(22-13)23(5)6)11(3)14(20-4)16(17,18)19/h8,10H,3,9H2,1-2,4-7H3/b20-14+. The third kappa shape index (κ3) is 4.94. The van der Waals surface area contributed by atoms with Gasteiger partial charge < -0.3 is 9.80 Å². The molecule has 5 nitrogen and oxygen atoms in total. The van der Waals surface area contributed by atoms with Gasteiger partial charge in [-0.15, -0.1) is 0 Å². The summed E-state index contributed by atoms with van der Waals surface area (Å²) in [5.74, 6) is 1.23. The molecule has 0 saturated carbocycles. The second-order valence-corrected chi connectivity index (χ2v) is 6.13. The van der Waals surface area contributed by atoms with Crippen LogP contribution in [0.5, 0.6) is 0 Å². The number of anilines is 2. The van der Waals surface area contributed by atoms with Crippen LogP contribution in [0.25, 0.3) is 5.57 Å². The van der Waals surface area contributed by atoms with Crippen LogP contribution in [0, 0.1) is 5.92 Å². The fourth-order valence-corrected chi connectivity index (χ4v) is 2.17. The van der Waals surface area contributed by atoms with Gasteiger partial charge in [-0.05, 0) is 5.92 Å². The number of aliphatic imine (C=N–C) groups is 1. The van der Waals surface area contributed by atoms with E-state index in [1.165, 1.54) is 6.07 Å². The van der Waals surface area contributed by atoms with Crippen LogP contribution < -0.4 is 9.80 Å². The zero-order chi connectivity index (χ0) is 18.7. The van der Waals surface area contributed by atoms with Gasteiger partial charge in [0.2, 0.25) is 5.95 Å². The second kappa shape index (κ2) is 7.63. The van der Waals surface area contributed by atoms with E-state index in [-0.39, 0.29) is 11.3 Å². The smallest absolute Gasteiger partial charge is 0.359 e. The number of allylic oxidation sites excluding steroid dienone is 1. The zero-order valence-electron chi connectivity index (χ0n) is 14.9. The second-order valence-electron chi connectivity index (χ2n) is 6.13. The van der Waals surface area contributed by atoms with Crippen molar-refractivity contribution in [2.75, 3.05) is 44.5 Å². The Bertz CT molecular complexity index is 621. The van der Waals surface area contributed by atoms with Crippen LogP contribution in [-0.4, -0.2) is 56.6 Å². The van der Waals surface area contributed by atoms with Crippen molar-refractivity contribution >= 4 is 23.1 Å². The molecule has 1 aromatic heterocycles. The van der Waals surface area contributed by atoms with Crippen molar-refractivity contribution in [3.63, 3.8) is 0 Å². The Hall–Kier alpha value is -2.12. The van der Waals surface area contributed by atoms with E-state index in [0.717, 1.165) is 7.05 Å². The first-order chi connectivity index (χ1) is 11.0. The first-order valence-corrected chi connectivity index (χ1v) is 7.48. The molecule has 0 aliphatic heterocycles. The molecule has 0 aromatic carbocycles. The normalized spacial score (nSPS) is 12.5. The molecular weight excluding hydrogens is 319 g/mol. The van der Waals surface area contributed by atoms with Gasteiger partial charge in [-0.1, -0.05) is 20.4 Å². The maximum Gasteiger partial charge on any atom is 0.433 e. The Kier molecular flexibility index (Phi) is 6.34. The first-order valence-electron chi connectivity index (χ1n) is 7.48. The molecule has 24 heavy (non-hydrogen) atoms.